The van der Waals surface area contributed by atoms with Crippen LogP contribution in [-0.4, -0.2) is 20.9 Å². The van der Waals surface area contributed by atoms with E-state index in [0.717, 1.165) is 24.2 Å². The van der Waals surface area contributed by atoms with Crippen LogP contribution in [0.4, 0.5) is 11.4 Å². The molecule has 8 nitrogen and oxygen atoms in total. The number of anilines is 2. The summed E-state index contributed by atoms with van der Waals surface area (Å²) in [4.78, 5) is 25.6. The Morgan fingerprint density at radius 3 is 1.42 bits per heavy atom. The average Bonchev–Trinajstić information content (AvgIpc) is 3.44. The minimum absolute atomic E-state index is 0.0849. The quantitative estimate of drug-likeness (QED) is 0.386. The maximum atomic E-state index is 12.8. The minimum atomic E-state index is -0.137. The lowest BCUT2D eigenvalue weighted by atomic mass is 9.65. The maximum Gasteiger partial charge on any atom is 0.347 e. The Balaban J connectivity index is 1.36. The number of nitrogens with one attached hydrogen (secondary N) is 2. The summed E-state index contributed by atoms with van der Waals surface area (Å²) in [6, 6.07) is 16.6. The van der Waals surface area contributed by atoms with Crippen molar-refractivity contribution in [3.8, 4) is 0 Å². The van der Waals surface area contributed by atoms with Crippen LogP contribution in [0.1, 0.15) is 64.5 Å². The van der Waals surface area contributed by atoms with Crippen molar-refractivity contribution in [2.75, 3.05) is 10.6 Å². The number of nitrogens with zero attached hydrogens (tertiary/aromatic N) is 4. The van der Waals surface area contributed by atoms with Gasteiger partial charge in [-0.05, 0) is 48.2 Å². The fraction of sp³-hybridized carbons (Fsp3) is 0.333. The number of benzene rings is 2. The molecule has 2 amide bonds. The van der Waals surface area contributed by atoms with E-state index < -0.39 is 0 Å². The van der Waals surface area contributed by atoms with E-state index in [1.54, 1.807) is 0 Å². The van der Waals surface area contributed by atoms with Crippen LogP contribution in [0.5, 0.6) is 0 Å². The highest BCUT2D eigenvalue weighted by Crippen LogP contribution is 2.45. The molecular weight excluding hydrogens is 476 g/mol. The minimum Gasteiger partial charge on any atom is -0.315 e. The molecule has 0 radical (unpaired) electrons. The number of amides is 2. The molecule has 0 unspecified atom stereocenters. The van der Waals surface area contributed by atoms with Crippen molar-refractivity contribution in [1.29, 1.82) is 0 Å². The third kappa shape index (κ3) is 4.74. The smallest absolute Gasteiger partial charge is 0.315 e. The number of imidazole rings is 2. The first-order chi connectivity index (χ1) is 18.3. The summed E-state index contributed by atoms with van der Waals surface area (Å²) in [5, 5.41) is 6.06. The average molecular weight is 513 g/mol. The lowest BCUT2D eigenvalue weighted by molar-refractivity contribution is -0.672. The summed E-state index contributed by atoms with van der Waals surface area (Å²) in [5.41, 5.74) is 3.98. The molecule has 1 aliphatic carbocycles. The molecule has 4 aromatic rings. The summed E-state index contributed by atoms with van der Waals surface area (Å²) >= 11 is 0. The molecule has 2 aromatic heterocycles. The molecule has 1 aliphatic rings. The summed E-state index contributed by atoms with van der Waals surface area (Å²) in [6.45, 7) is 0. The predicted molar refractivity (Wildman–Crippen MR) is 146 cm³/mol. The van der Waals surface area contributed by atoms with Crippen LogP contribution < -0.4 is 19.8 Å². The Hall–Kier alpha value is -4.20. The van der Waals surface area contributed by atoms with Crippen LogP contribution in [0.3, 0.4) is 0 Å². The zero-order valence-electron chi connectivity index (χ0n) is 22.6. The molecule has 5 rings (SSSR count). The van der Waals surface area contributed by atoms with E-state index in [9.17, 15) is 9.59 Å². The standard InChI is InChI=1S/C30H34N6O2/c1-33-18-19-34(2)28(33)26(37)31-24-12-8-22(9-13-24)30(16-6-5-7-17-30)23-10-14-25(15-11-23)32-27(38)29-35(3)20-21-36(29)4/h8-15,18-21H,5-7,16-17H2,1-4H3/p+2. The van der Waals surface area contributed by atoms with Gasteiger partial charge < -0.3 is 10.6 Å². The molecule has 2 heterocycles. The van der Waals surface area contributed by atoms with Crippen molar-refractivity contribution in [3.05, 3.63) is 96.1 Å². The summed E-state index contributed by atoms with van der Waals surface area (Å²) in [6.07, 6.45) is 13.2. The number of hydrogen-bond donors (Lipinski definition) is 2. The molecule has 1 saturated carbocycles. The molecule has 0 saturated heterocycles. The van der Waals surface area contributed by atoms with Crippen molar-refractivity contribution in [2.24, 2.45) is 28.2 Å². The van der Waals surface area contributed by atoms with Gasteiger partial charge in [0.25, 0.3) is 0 Å². The van der Waals surface area contributed by atoms with E-state index in [-0.39, 0.29) is 17.2 Å². The zero-order chi connectivity index (χ0) is 26.9. The van der Waals surface area contributed by atoms with Gasteiger partial charge in [-0.15, -0.1) is 0 Å². The second-order valence-electron chi connectivity index (χ2n) is 10.4. The van der Waals surface area contributed by atoms with E-state index in [0.29, 0.717) is 11.6 Å². The van der Waals surface area contributed by atoms with Crippen molar-refractivity contribution in [2.45, 2.75) is 37.5 Å². The van der Waals surface area contributed by atoms with E-state index in [2.05, 4.69) is 34.9 Å². The SMILES string of the molecule is Cn1cc[n+](C)c1C(=O)Nc1ccc(C2(c3ccc(NC(=O)c4n(C)cc[n+]4C)cc3)CCCCC2)cc1. The largest absolute Gasteiger partial charge is 0.347 e. The number of aryl methyl sites for hydroxylation is 4. The van der Waals surface area contributed by atoms with Gasteiger partial charge in [-0.3, -0.25) is 9.59 Å². The first-order valence-electron chi connectivity index (χ1n) is 13.1. The van der Waals surface area contributed by atoms with Crippen LogP contribution >= 0.6 is 0 Å². The molecule has 2 N–H and O–H groups in total. The molecular formula is C30H36N6O2+2. The van der Waals surface area contributed by atoms with E-state index in [1.807, 2.05) is 95.5 Å². The highest BCUT2D eigenvalue weighted by atomic mass is 16.2. The monoisotopic (exact) mass is 512 g/mol. The van der Waals surface area contributed by atoms with Crippen molar-refractivity contribution >= 4 is 23.2 Å². The Kier molecular flexibility index (Phi) is 6.89. The fourth-order valence-corrected chi connectivity index (χ4v) is 5.84. The van der Waals surface area contributed by atoms with Crippen LogP contribution in [0.15, 0.2) is 73.3 Å². The topological polar surface area (TPSA) is 75.8 Å². The third-order valence-electron chi connectivity index (χ3n) is 7.87. The van der Waals surface area contributed by atoms with Crippen molar-refractivity contribution < 1.29 is 18.7 Å². The molecule has 0 bridgehead atoms. The Morgan fingerprint density at radius 1 is 0.684 bits per heavy atom. The number of carbonyl (C=O) groups is 2. The van der Waals surface area contributed by atoms with Crippen LogP contribution in [0.25, 0.3) is 0 Å². The Labute approximate surface area is 223 Å². The van der Waals surface area contributed by atoms with Gasteiger partial charge in [-0.1, -0.05) is 43.5 Å². The van der Waals surface area contributed by atoms with Gasteiger partial charge in [-0.2, -0.15) is 0 Å². The Bertz CT molecular complexity index is 1310. The molecule has 8 heteroatoms. The summed E-state index contributed by atoms with van der Waals surface area (Å²) in [5.74, 6) is 0.903. The lowest BCUT2D eigenvalue weighted by Crippen LogP contribution is -2.37. The molecule has 196 valence electrons. The van der Waals surface area contributed by atoms with E-state index in [1.165, 1.54) is 30.4 Å². The first-order valence-corrected chi connectivity index (χ1v) is 13.1. The lowest BCUT2D eigenvalue weighted by Gasteiger charge is -2.39. The summed E-state index contributed by atoms with van der Waals surface area (Å²) < 4.78 is 7.25. The zero-order valence-corrected chi connectivity index (χ0v) is 22.6. The molecule has 0 atom stereocenters. The van der Waals surface area contributed by atoms with Crippen molar-refractivity contribution in [3.63, 3.8) is 0 Å². The maximum absolute atomic E-state index is 12.8. The first kappa shape index (κ1) is 25.4. The Morgan fingerprint density at radius 2 is 1.08 bits per heavy atom. The highest BCUT2D eigenvalue weighted by molar-refractivity contribution is 6.01. The van der Waals surface area contributed by atoms with E-state index in [4.69, 9.17) is 0 Å². The highest BCUT2D eigenvalue weighted by Gasteiger charge is 2.36. The normalized spacial score (nSPS) is 14.7. The second-order valence-corrected chi connectivity index (χ2v) is 10.4. The van der Waals surface area contributed by atoms with Crippen LogP contribution in [-0.2, 0) is 33.6 Å². The van der Waals surface area contributed by atoms with Gasteiger partial charge in [0.1, 0.15) is 24.8 Å². The fourth-order valence-electron chi connectivity index (χ4n) is 5.84. The second kappa shape index (κ2) is 10.3. The third-order valence-corrected chi connectivity index (χ3v) is 7.87. The van der Waals surface area contributed by atoms with Crippen molar-refractivity contribution in [1.82, 2.24) is 9.13 Å². The van der Waals surface area contributed by atoms with Gasteiger partial charge >= 0.3 is 23.5 Å². The molecule has 0 aliphatic heterocycles. The van der Waals surface area contributed by atoms with Gasteiger partial charge in [0, 0.05) is 16.8 Å². The molecule has 2 aromatic carbocycles. The number of carbonyl (C=O) groups excluding carboxylic acids is 2. The molecule has 38 heavy (non-hydrogen) atoms. The summed E-state index contributed by atoms with van der Waals surface area (Å²) in [7, 11) is 7.46. The molecule has 1 fully saturated rings. The van der Waals surface area contributed by atoms with Gasteiger partial charge in [0.15, 0.2) is 0 Å². The predicted octanol–water partition coefficient (Wildman–Crippen LogP) is 3.77. The van der Waals surface area contributed by atoms with Crippen LogP contribution in [0.2, 0.25) is 0 Å². The van der Waals surface area contributed by atoms with E-state index >= 15 is 0 Å². The van der Waals surface area contributed by atoms with Gasteiger partial charge in [0.2, 0.25) is 0 Å². The number of hydrogen-bond acceptors (Lipinski definition) is 2. The van der Waals surface area contributed by atoms with Crippen LogP contribution in [0, 0.1) is 0 Å². The van der Waals surface area contributed by atoms with Gasteiger partial charge in [-0.25, -0.2) is 18.3 Å². The number of rotatable bonds is 6. The molecule has 0 spiro atoms. The van der Waals surface area contributed by atoms with Gasteiger partial charge in [0.05, 0.1) is 28.2 Å². The number of aromatic nitrogens is 4.